The van der Waals surface area contributed by atoms with Gasteiger partial charge in [-0.2, -0.15) is 0 Å². The lowest BCUT2D eigenvalue weighted by atomic mass is 9.78. The number of imidazole rings is 1. The molecule has 1 aromatic heterocycles. The third kappa shape index (κ3) is 10.6. The standard InChI is InChI=1S/C56H67N7O15/c1-28-11-10-12-29(2)53(70)58-45-44-43(59-56(60-44)18-20-61(21-19-56)23-35-13-15-36(16-14-35)26-74-37-24-62-25-39(63(71)72)57-54(62)75-27-37)40-41(49(45)68)48(67)33(6)51-42(40)52(69)55(8,78-51)76-22-17-38(73-9)30(3)50(77-34(7)64)32(5)47(66)31(4)46(28)65/h10-17,22,25,28,30-32,37-38,46-47,50,59,65-68H,18-21,23-24,26-27H2,1-9H3/t28-,30+,31+,32+,37-,38-,46-,47+,50+,55-/m0/s1. The molecule has 0 aliphatic carbocycles. The molecule has 0 saturated carbocycles. The highest BCUT2D eigenvalue weighted by molar-refractivity contribution is 6.21. The van der Waals surface area contributed by atoms with Crippen LogP contribution in [0.4, 0.5) is 11.5 Å². The summed E-state index contributed by atoms with van der Waals surface area (Å²) < 4.78 is 37.4. The van der Waals surface area contributed by atoms with Gasteiger partial charge in [-0.25, -0.2) is 4.99 Å². The summed E-state index contributed by atoms with van der Waals surface area (Å²) in [5.41, 5.74) is 1.58. The van der Waals surface area contributed by atoms with Crippen molar-refractivity contribution in [2.75, 3.05) is 32.1 Å². The number of nitro groups is 1. The van der Waals surface area contributed by atoms with Crippen molar-refractivity contribution in [3.05, 3.63) is 110 Å². The Hall–Kier alpha value is -7.24. The number of carbonyl (C=O) groups is 3. The topological polar surface area (TPSA) is 288 Å². The maximum Gasteiger partial charge on any atom is 0.414 e. The molecule has 1 spiro atoms. The molecule has 22 heteroatoms. The number of rotatable bonds is 8. The number of phenols is 2. The number of allylic oxidation sites excluding steroid dienone is 2. The molecule has 5 N–H and O–H groups in total. The number of amides is 1. The number of ether oxygens (including phenoxy) is 6. The Morgan fingerprint density at radius 3 is 2.35 bits per heavy atom. The van der Waals surface area contributed by atoms with E-state index in [9.17, 15) is 44.9 Å². The first-order valence-electron chi connectivity index (χ1n) is 26.1. The summed E-state index contributed by atoms with van der Waals surface area (Å²) in [5.74, 6) is -7.73. The Morgan fingerprint density at radius 1 is 0.962 bits per heavy atom. The molecule has 6 heterocycles. The Balaban J connectivity index is 1.02. The van der Waals surface area contributed by atoms with E-state index >= 15 is 0 Å². The number of benzene rings is 3. The molecule has 4 bridgehead atoms. The van der Waals surface area contributed by atoms with E-state index in [1.165, 1.54) is 52.5 Å². The predicted molar refractivity (Wildman–Crippen MR) is 281 cm³/mol. The van der Waals surface area contributed by atoms with Crippen LogP contribution in [0.25, 0.3) is 10.8 Å². The Morgan fingerprint density at radius 2 is 1.67 bits per heavy atom. The molecule has 1 amide bonds. The number of nitrogens with zero attached hydrogens (tertiary/aromatic N) is 6. The van der Waals surface area contributed by atoms with E-state index in [1.54, 1.807) is 51.3 Å². The number of ketones is 1. The van der Waals surface area contributed by atoms with Gasteiger partial charge in [0.1, 0.15) is 52.9 Å². The van der Waals surface area contributed by atoms with E-state index in [0.717, 1.165) is 11.1 Å². The first-order valence-corrected chi connectivity index (χ1v) is 26.1. The lowest BCUT2D eigenvalue weighted by molar-refractivity contribution is -0.389. The SMILES string of the molecule is CO[C@H]1C=CO[C@@]2(C)Oc3c(C)c(O)c4c(O)c(c5c(c4c3C2=O)NC2(CCN(Cc3ccc(CO[C@@H]4COc6nc([N+](=O)[O-])cn6C4)cc3)CC2)N=5)=NC(=O)C(C)=CC=C[C@H](C)[C@H](O)[C@@H](C)[C@@H](O)[C@@H](C)[C@H](OC(C)=O)[C@@H]1C. The molecule has 3 aromatic carbocycles. The second-order valence-electron chi connectivity index (χ2n) is 21.4. The molecule has 0 unspecified atom stereocenters. The highest BCUT2D eigenvalue weighted by Crippen LogP contribution is 2.51. The molecule has 416 valence electrons. The zero-order valence-electron chi connectivity index (χ0n) is 45.1. The van der Waals surface area contributed by atoms with Crippen LogP contribution in [0.2, 0.25) is 0 Å². The van der Waals surface area contributed by atoms with Crippen LogP contribution in [0.1, 0.15) is 88.4 Å². The number of esters is 1. The molecular formula is C56H67N7O15. The molecule has 1 fully saturated rings. The van der Waals surface area contributed by atoms with Crippen LogP contribution in [0.5, 0.6) is 23.3 Å². The minimum absolute atomic E-state index is 0.00726. The first-order chi connectivity index (χ1) is 37.0. The number of hydrogen-bond acceptors (Lipinski definition) is 19. The van der Waals surface area contributed by atoms with Crippen molar-refractivity contribution < 1.29 is 68.2 Å². The second-order valence-corrected chi connectivity index (χ2v) is 21.4. The van der Waals surface area contributed by atoms with Crippen LogP contribution < -0.4 is 25.5 Å². The van der Waals surface area contributed by atoms with Gasteiger partial charge in [0.2, 0.25) is 0 Å². The van der Waals surface area contributed by atoms with E-state index in [2.05, 4.69) is 20.2 Å². The third-order valence-electron chi connectivity index (χ3n) is 15.9. The van der Waals surface area contributed by atoms with Gasteiger partial charge < -0.3 is 64.3 Å². The normalized spacial score (nSPS) is 28.2. The minimum atomic E-state index is -2.01. The molecule has 78 heavy (non-hydrogen) atoms. The smallest absolute Gasteiger partial charge is 0.414 e. The van der Waals surface area contributed by atoms with E-state index in [0.29, 0.717) is 45.6 Å². The summed E-state index contributed by atoms with van der Waals surface area (Å²) >= 11 is 0. The lowest BCUT2D eigenvalue weighted by Crippen LogP contribution is -2.46. The number of aromatic hydroxyl groups is 2. The number of Topliss-reactive ketones (excluding diaryl/α,β-unsaturated/α-hetero) is 1. The number of fused-ring (bicyclic) bond motifs is 2. The van der Waals surface area contributed by atoms with Gasteiger partial charge in [0, 0.05) is 98.6 Å². The highest BCUT2D eigenvalue weighted by atomic mass is 16.7. The number of nitrogens with one attached hydrogen (secondary N) is 1. The molecule has 22 nitrogen and oxygen atoms in total. The Labute approximate surface area is 449 Å². The van der Waals surface area contributed by atoms with Gasteiger partial charge in [0.15, 0.2) is 5.75 Å². The largest absolute Gasteiger partial charge is 0.507 e. The fraction of sp³-hybridized carbons (Fsp3) is 0.500. The number of aliphatic hydroxyl groups excluding tert-OH is 2. The number of piperidine rings is 1. The molecule has 9 rings (SSSR count). The maximum absolute atomic E-state index is 15.0. The molecule has 0 radical (unpaired) electrons. The number of phenolic OH excluding ortho intramolecular Hbond substituents is 2. The Bertz CT molecular complexity index is 3260. The maximum atomic E-state index is 15.0. The lowest BCUT2D eigenvalue weighted by Gasteiger charge is -2.38. The number of carbonyl (C=O) groups excluding carboxylic acids is 3. The first kappa shape index (κ1) is 55.5. The van der Waals surface area contributed by atoms with Crippen molar-refractivity contribution in [1.29, 1.82) is 0 Å². The van der Waals surface area contributed by atoms with Gasteiger partial charge in [-0.15, -0.1) is 0 Å². The summed E-state index contributed by atoms with van der Waals surface area (Å²) in [4.78, 5) is 67.9. The van der Waals surface area contributed by atoms with Crippen molar-refractivity contribution >= 4 is 39.9 Å². The highest BCUT2D eigenvalue weighted by Gasteiger charge is 2.51. The van der Waals surface area contributed by atoms with E-state index in [-0.39, 0.29) is 74.2 Å². The zero-order chi connectivity index (χ0) is 56.1. The van der Waals surface area contributed by atoms with Crippen LogP contribution in [0, 0.1) is 40.7 Å². The van der Waals surface area contributed by atoms with E-state index in [4.69, 9.17) is 33.4 Å². The number of likely N-dealkylation sites (tertiary alicyclic amines) is 1. The van der Waals surface area contributed by atoms with Gasteiger partial charge in [0.05, 0.1) is 54.4 Å². The molecule has 5 aliphatic heterocycles. The van der Waals surface area contributed by atoms with Gasteiger partial charge in [-0.05, 0) is 36.0 Å². The average Bonchev–Trinajstić information content (AvgIpc) is 4.30. The monoisotopic (exact) mass is 1080 g/mol. The van der Waals surface area contributed by atoms with Crippen molar-refractivity contribution in [1.82, 2.24) is 14.5 Å². The molecule has 5 aliphatic rings. The van der Waals surface area contributed by atoms with Gasteiger partial charge in [-0.3, -0.25) is 28.8 Å². The number of methoxy groups -OCH3 is 1. The van der Waals surface area contributed by atoms with Crippen LogP contribution in [0.15, 0.2) is 76.6 Å². The summed E-state index contributed by atoms with van der Waals surface area (Å²) in [6.07, 6.45) is 5.63. The zero-order valence-corrected chi connectivity index (χ0v) is 45.1. The number of aliphatic hydroxyl groups is 2. The fourth-order valence-corrected chi connectivity index (χ4v) is 11.2. The third-order valence-corrected chi connectivity index (χ3v) is 15.9. The number of anilines is 1. The number of aromatic nitrogens is 2. The van der Waals surface area contributed by atoms with Gasteiger partial charge >= 0.3 is 23.6 Å². The average molecular weight is 1080 g/mol. The van der Waals surface area contributed by atoms with Crippen molar-refractivity contribution in [2.45, 2.75) is 130 Å². The number of hydrogen-bond donors (Lipinski definition) is 5. The molecule has 1 saturated heterocycles. The summed E-state index contributed by atoms with van der Waals surface area (Å²) in [7, 11) is 1.46. The minimum Gasteiger partial charge on any atom is -0.507 e. The van der Waals surface area contributed by atoms with Crippen molar-refractivity contribution in [3.8, 4) is 23.3 Å². The Kier molecular flexibility index (Phi) is 15.6. The summed E-state index contributed by atoms with van der Waals surface area (Å²) in [6, 6.07) is 8.24. The van der Waals surface area contributed by atoms with Gasteiger partial charge in [-0.1, -0.05) is 70.2 Å². The van der Waals surface area contributed by atoms with Gasteiger partial charge in [0.25, 0.3) is 11.7 Å². The molecule has 10 atom stereocenters. The molecular weight excluding hydrogens is 1010 g/mol. The quantitative estimate of drug-likeness (QED) is 0.0641. The molecule has 4 aromatic rings. The summed E-state index contributed by atoms with van der Waals surface area (Å²) in [5, 5.41) is 62.1. The van der Waals surface area contributed by atoms with E-state index in [1.807, 2.05) is 24.3 Å². The van der Waals surface area contributed by atoms with Crippen LogP contribution in [-0.2, 0) is 48.2 Å². The summed E-state index contributed by atoms with van der Waals surface area (Å²) in [6.45, 7) is 15.4. The van der Waals surface area contributed by atoms with Crippen LogP contribution in [-0.4, -0.2) is 126 Å². The van der Waals surface area contributed by atoms with E-state index < -0.39 is 93.6 Å². The predicted octanol–water partition coefficient (Wildman–Crippen LogP) is 5.38. The van der Waals surface area contributed by atoms with Crippen LogP contribution >= 0.6 is 0 Å². The fourth-order valence-electron chi connectivity index (χ4n) is 11.2. The van der Waals surface area contributed by atoms with Crippen molar-refractivity contribution in [3.63, 3.8) is 0 Å². The van der Waals surface area contributed by atoms with Crippen LogP contribution in [0.3, 0.4) is 0 Å². The van der Waals surface area contributed by atoms with Crippen molar-refractivity contribution in [2.24, 2.45) is 33.7 Å². The second kappa shape index (κ2) is 21.9.